The van der Waals surface area contributed by atoms with Gasteiger partial charge in [0.25, 0.3) is 0 Å². The van der Waals surface area contributed by atoms with Crippen molar-refractivity contribution in [1.29, 1.82) is 0 Å². The molecule has 1 aliphatic carbocycles. The minimum Gasteiger partial charge on any atom is -0.382 e. The third-order valence-electron chi connectivity index (χ3n) is 3.01. The fourth-order valence-corrected chi connectivity index (χ4v) is 3.00. The van der Waals surface area contributed by atoms with Crippen LogP contribution in [0, 0.1) is 0 Å². The fraction of sp³-hybridized carbons (Fsp3) is 0.583. The zero-order valence-corrected chi connectivity index (χ0v) is 9.96. The van der Waals surface area contributed by atoms with E-state index in [1.165, 1.54) is 31.4 Å². The van der Waals surface area contributed by atoms with Crippen LogP contribution >= 0.6 is 11.8 Å². The van der Waals surface area contributed by atoms with Gasteiger partial charge in [-0.1, -0.05) is 6.42 Å². The molecule has 3 heteroatoms. The molecule has 1 aliphatic rings. The average molecular weight is 222 g/mol. The number of nitrogens with zero attached hydrogens (tertiary/aromatic N) is 1. The average Bonchev–Trinajstić information content (AvgIpc) is 2.31. The van der Waals surface area contributed by atoms with Crippen molar-refractivity contribution in [2.45, 2.75) is 37.0 Å². The highest BCUT2D eigenvalue weighted by atomic mass is 32.2. The normalized spacial score (nSPS) is 26.2. The summed E-state index contributed by atoms with van der Waals surface area (Å²) < 4.78 is 0. The number of nitrogens with one attached hydrogen (secondary N) is 1. The Morgan fingerprint density at radius 1 is 1.33 bits per heavy atom. The summed E-state index contributed by atoms with van der Waals surface area (Å²) in [6.07, 6.45) is 11.3. The molecule has 1 aromatic heterocycles. The molecule has 0 spiro atoms. The predicted octanol–water partition coefficient (Wildman–Crippen LogP) is 3.17. The SMILES string of the molecule is CSC1CCCC(Nc2ccncc2)C1. The first-order chi connectivity index (χ1) is 7.38. The highest BCUT2D eigenvalue weighted by Gasteiger charge is 2.20. The molecule has 15 heavy (non-hydrogen) atoms. The van der Waals surface area contributed by atoms with Crippen molar-refractivity contribution in [3.63, 3.8) is 0 Å². The maximum absolute atomic E-state index is 4.03. The molecule has 0 amide bonds. The van der Waals surface area contributed by atoms with Gasteiger partial charge in [0.05, 0.1) is 0 Å². The van der Waals surface area contributed by atoms with Crippen molar-refractivity contribution < 1.29 is 0 Å². The van der Waals surface area contributed by atoms with E-state index >= 15 is 0 Å². The lowest BCUT2D eigenvalue weighted by molar-refractivity contribution is 0.473. The van der Waals surface area contributed by atoms with Gasteiger partial charge in [-0.3, -0.25) is 4.98 Å². The van der Waals surface area contributed by atoms with Crippen LogP contribution in [0.3, 0.4) is 0 Å². The molecule has 2 rings (SSSR count). The standard InChI is InChI=1S/C12H18N2S/c1-15-12-4-2-3-11(9-12)14-10-5-7-13-8-6-10/h5-8,11-12H,2-4,9H2,1H3,(H,13,14). The molecule has 2 unspecified atom stereocenters. The molecule has 2 atom stereocenters. The molecule has 1 saturated carbocycles. The second-order valence-corrected chi connectivity index (χ2v) is 5.24. The quantitative estimate of drug-likeness (QED) is 0.850. The van der Waals surface area contributed by atoms with Crippen LogP contribution in [0.2, 0.25) is 0 Å². The van der Waals surface area contributed by atoms with Crippen molar-refractivity contribution in [3.8, 4) is 0 Å². The van der Waals surface area contributed by atoms with Crippen molar-refractivity contribution in [2.75, 3.05) is 11.6 Å². The lowest BCUT2D eigenvalue weighted by atomic mass is 9.95. The van der Waals surface area contributed by atoms with Gasteiger partial charge < -0.3 is 5.32 Å². The van der Waals surface area contributed by atoms with Crippen LogP contribution in [0.25, 0.3) is 0 Å². The van der Waals surface area contributed by atoms with E-state index in [0.29, 0.717) is 6.04 Å². The van der Waals surface area contributed by atoms with Crippen molar-refractivity contribution >= 4 is 17.4 Å². The van der Waals surface area contributed by atoms with E-state index in [1.807, 2.05) is 36.3 Å². The van der Waals surface area contributed by atoms with E-state index in [4.69, 9.17) is 0 Å². The Balaban J connectivity index is 1.89. The summed E-state index contributed by atoms with van der Waals surface area (Å²) in [7, 11) is 0. The number of aromatic nitrogens is 1. The number of thioether (sulfide) groups is 1. The van der Waals surface area contributed by atoms with Gasteiger partial charge in [0.1, 0.15) is 0 Å². The molecule has 2 nitrogen and oxygen atoms in total. The van der Waals surface area contributed by atoms with Crippen molar-refractivity contribution in [2.24, 2.45) is 0 Å². The van der Waals surface area contributed by atoms with E-state index in [0.717, 1.165) is 5.25 Å². The molecule has 0 bridgehead atoms. The number of hydrogen-bond donors (Lipinski definition) is 1. The van der Waals surface area contributed by atoms with Gasteiger partial charge in [0.2, 0.25) is 0 Å². The Morgan fingerprint density at radius 3 is 2.87 bits per heavy atom. The van der Waals surface area contributed by atoms with Gasteiger partial charge in [0.15, 0.2) is 0 Å². The smallest absolute Gasteiger partial charge is 0.0373 e. The maximum Gasteiger partial charge on any atom is 0.0373 e. The van der Waals surface area contributed by atoms with E-state index in [2.05, 4.69) is 16.6 Å². The summed E-state index contributed by atoms with van der Waals surface area (Å²) >= 11 is 2.01. The zero-order valence-electron chi connectivity index (χ0n) is 9.15. The van der Waals surface area contributed by atoms with E-state index in [9.17, 15) is 0 Å². The first-order valence-corrected chi connectivity index (χ1v) is 6.86. The summed E-state index contributed by atoms with van der Waals surface area (Å²) in [5.74, 6) is 0. The van der Waals surface area contributed by atoms with Gasteiger partial charge in [0, 0.05) is 29.4 Å². The third-order valence-corrected chi connectivity index (χ3v) is 4.11. The Morgan fingerprint density at radius 2 is 2.13 bits per heavy atom. The van der Waals surface area contributed by atoms with Crippen LogP contribution in [-0.4, -0.2) is 22.5 Å². The second-order valence-electron chi connectivity index (χ2n) is 4.10. The maximum atomic E-state index is 4.03. The Bertz CT molecular complexity index is 289. The van der Waals surface area contributed by atoms with Crippen molar-refractivity contribution in [1.82, 2.24) is 4.98 Å². The van der Waals surface area contributed by atoms with Crippen LogP contribution in [-0.2, 0) is 0 Å². The van der Waals surface area contributed by atoms with E-state index in [1.54, 1.807) is 0 Å². The molecule has 0 aromatic carbocycles. The zero-order chi connectivity index (χ0) is 10.5. The second kappa shape index (κ2) is 5.40. The van der Waals surface area contributed by atoms with E-state index in [-0.39, 0.29) is 0 Å². The monoisotopic (exact) mass is 222 g/mol. The summed E-state index contributed by atoms with van der Waals surface area (Å²) in [5.41, 5.74) is 1.21. The van der Waals surface area contributed by atoms with Gasteiger partial charge in [-0.2, -0.15) is 11.8 Å². The molecule has 82 valence electrons. The number of rotatable bonds is 3. The van der Waals surface area contributed by atoms with Crippen molar-refractivity contribution in [3.05, 3.63) is 24.5 Å². The van der Waals surface area contributed by atoms with Gasteiger partial charge in [-0.05, 0) is 37.7 Å². The summed E-state index contributed by atoms with van der Waals surface area (Å²) in [4.78, 5) is 4.03. The predicted molar refractivity (Wildman–Crippen MR) is 67.4 cm³/mol. The molecule has 1 aromatic rings. The Hall–Kier alpha value is -0.700. The molecule has 1 heterocycles. The number of pyridine rings is 1. The summed E-state index contributed by atoms with van der Waals surface area (Å²) in [6.45, 7) is 0. The third kappa shape index (κ3) is 3.13. The molecule has 0 radical (unpaired) electrons. The fourth-order valence-electron chi connectivity index (χ4n) is 2.17. The largest absolute Gasteiger partial charge is 0.382 e. The lowest BCUT2D eigenvalue weighted by Gasteiger charge is -2.29. The van der Waals surface area contributed by atoms with Gasteiger partial charge in [-0.15, -0.1) is 0 Å². The molecule has 1 N–H and O–H groups in total. The minimum atomic E-state index is 0.651. The lowest BCUT2D eigenvalue weighted by Crippen LogP contribution is -2.28. The number of anilines is 1. The minimum absolute atomic E-state index is 0.651. The Kier molecular flexibility index (Phi) is 3.89. The van der Waals surface area contributed by atoms with Gasteiger partial charge in [-0.25, -0.2) is 0 Å². The molecule has 0 saturated heterocycles. The highest BCUT2D eigenvalue weighted by molar-refractivity contribution is 7.99. The van der Waals surface area contributed by atoms with Crippen LogP contribution in [0.1, 0.15) is 25.7 Å². The van der Waals surface area contributed by atoms with Gasteiger partial charge >= 0.3 is 0 Å². The molecule has 0 aliphatic heterocycles. The molecule has 1 fully saturated rings. The van der Waals surface area contributed by atoms with E-state index < -0.39 is 0 Å². The molecular weight excluding hydrogens is 204 g/mol. The molecular formula is C12H18N2S. The Labute approximate surface area is 95.9 Å². The van der Waals surface area contributed by atoms with Crippen LogP contribution in [0.5, 0.6) is 0 Å². The first-order valence-electron chi connectivity index (χ1n) is 5.58. The first kappa shape index (κ1) is 10.8. The highest BCUT2D eigenvalue weighted by Crippen LogP contribution is 2.28. The van der Waals surface area contributed by atoms with Crippen LogP contribution in [0.15, 0.2) is 24.5 Å². The summed E-state index contributed by atoms with van der Waals surface area (Å²) in [5, 5.41) is 4.44. The topological polar surface area (TPSA) is 24.9 Å². The summed E-state index contributed by atoms with van der Waals surface area (Å²) in [6, 6.07) is 4.74. The van der Waals surface area contributed by atoms with Crippen LogP contribution in [0.4, 0.5) is 5.69 Å². The van der Waals surface area contributed by atoms with Crippen LogP contribution < -0.4 is 5.32 Å². The number of hydrogen-bond acceptors (Lipinski definition) is 3.